The average molecular weight is 488 g/mol. The van der Waals surface area contributed by atoms with Crippen molar-refractivity contribution in [3.8, 4) is 17.6 Å². The normalized spacial score (nSPS) is 9.56. The van der Waals surface area contributed by atoms with E-state index in [4.69, 9.17) is 21.1 Å². The molecular formula is C25H34ClN5O3. The first-order chi connectivity index (χ1) is 16.5. The summed E-state index contributed by atoms with van der Waals surface area (Å²) in [6.45, 7) is 12.0. The zero-order valence-corrected chi connectivity index (χ0v) is 22.0. The van der Waals surface area contributed by atoms with E-state index in [1.54, 1.807) is 18.6 Å². The minimum absolute atomic E-state index is 0.0206. The second kappa shape index (κ2) is 14.8. The molecule has 0 unspecified atom stereocenters. The largest absolute Gasteiger partial charge is 0.497 e. The first-order valence-corrected chi connectivity index (χ1v) is 11.8. The van der Waals surface area contributed by atoms with Gasteiger partial charge in [0.1, 0.15) is 12.3 Å². The van der Waals surface area contributed by atoms with Crippen LogP contribution >= 0.6 is 11.6 Å². The number of methoxy groups -OCH3 is 1. The number of fused-ring (bicyclic) bond motifs is 1. The van der Waals surface area contributed by atoms with E-state index >= 15 is 0 Å². The van der Waals surface area contributed by atoms with Crippen molar-refractivity contribution >= 4 is 40.2 Å². The molecule has 1 aromatic carbocycles. The van der Waals surface area contributed by atoms with Gasteiger partial charge in [-0.15, -0.1) is 0 Å². The van der Waals surface area contributed by atoms with E-state index in [0.717, 1.165) is 17.7 Å². The van der Waals surface area contributed by atoms with Crippen molar-refractivity contribution in [3.63, 3.8) is 0 Å². The van der Waals surface area contributed by atoms with Gasteiger partial charge in [-0.05, 0) is 30.7 Å². The van der Waals surface area contributed by atoms with E-state index in [2.05, 4.69) is 26.8 Å². The topological polar surface area (TPSA) is 82.4 Å². The molecule has 8 nitrogen and oxygen atoms in total. The molecule has 0 atom stereocenters. The average Bonchev–Trinajstić information content (AvgIpc) is 3.26. The molecule has 0 aliphatic carbocycles. The van der Waals surface area contributed by atoms with Gasteiger partial charge in [0, 0.05) is 25.1 Å². The van der Waals surface area contributed by atoms with E-state index in [0.29, 0.717) is 29.3 Å². The van der Waals surface area contributed by atoms with Crippen molar-refractivity contribution in [2.24, 2.45) is 0 Å². The Kier molecular flexibility index (Phi) is 12.5. The number of benzene rings is 1. The number of carbonyl (C=O) groups is 1. The Morgan fingerprint density at radius 1 is 1.18 bits per heavy atom. The quantitative estimate of drug-likeness (QED) is 0.253. The van der Waals surface area contributed by atoms with Crippen LogP contribution in [-0.2, 0) is 16.1 Å². The van der Waals surface area contributed by atoms with Gasteiger partial charge in [0.05, 0.1) is 25.7 Å². The highest BCUT2D eigenvalue weighted by Crippen LogP contribution is 2.33. The van der Waals surface area contributed by atoms with Gasteiger partial charge in [-0.1, -0.05) is 46.5 Å². The van der Waals surface area contributed by atoms with Crippen LogP contribution in [0.5, 0.6) is 5.75 Å². The van der Waals surface area contributed by atoms with Gasteiger partial charge in [-0.25, -0.2) is 4.98 Å². The summed E-state index contributed by atoms with van der Waals surface area (Å²) in [6.07, 6.45) is 2.25. The molecule has 0 radical (unpaired) electrons. The smallest absolute Gasteiger partial charge is 0.326 e. The maximum atomic E-state index is 11.9. The first kappa shape index (κ1) is 28.7. The summed E-state index contributed by atoms with van der Waals surface area (Å²) in [4.78, 5) is 26.8. The van der Waals surface area contributed by atoms with Crippen LogP contribution in [0.15, 0.2) is 24.5 Å². The molecule has 184 valence electrons. The maximum Gasteiger partial charge on any atom is 0.326 e. The Bertz CT molecular complexity index is 1130. The van der Waals surface area contributed by atoms with Crippen molar-refractivity contribution < 1.29 is 14.3 Å². The minimum Gasteiger partial charge on any atom is -0.497 e. The van der Waals surface area contributed by atoms with Crippen molar-refractivity contribution in [1.29, 1.82) is 0 Å². The van der Waals surface area contributed by atoms with E-state index in [1.807, 2.05) is 64.8 Å². The zero-order valence-electron chi connectivity index (χ0n) is 21.3. The lowest BCUT2D eigenvalue weighted by Crippen LogP contribution is -2.15. The molecule has 0 fully saturated rings. The van der Waals surface area contributed by atoms with Crippen molar-refractivity contribution in [3.05, 3.63) is 35.4 Å². The number of halogens is 1. The Balaban J connectivity index is 0.00000137. The molecule has 0 aliphatic heterocycles. The molecule has 2 aromatic heterocycles. The number of esters is 1. The van der Waals surface area contributed by atoms with E-state index in [-0.39, 0.29) is 17.8 Å². The number of hydrogen-bond acceptors (Lipinski definition) is 7. The summed E-state index contributed by atoms with van der Waals surface area (Å²) in [7, 11) is 3.45. The van der Waals surface area contributed by atoms with Gasteiger partial charge in [-0.3, -0.25) is 4.79 Å². The van der Waals surface area contributed by atoms with Crippen molar-refractivity contribution in [2.75, 3.05) is 25.7 Å². The number of carbonyl (C=O) groups excluding carboxylic acids is 1. The van der Waals surface area contributed by atoms with Gasteiger partial charge in [0.15, 0.2) is 17.0 Å². The van der Waals surface area contributed by atoms with Gasteiger partial charge in [-0.2, -0.15) is 9.97 Å². The molecule has 0 saturated carbocycles. The Morgan fingerprint density at radius 2 is 1.88 bits per heavy atom. The predicted octanol–water partition coefficient (Wildman–Crippen LogP) is 5.63. The second-order valence-corrected chi connectivity index (χ2v) is 6.60. The predicted molar refractivity (Wildman–Crippen MR) is 138 cm³/mol. The highest BCUT2D eigenvalue weighted by atomic mass is 35.5. The van der Waals surface area contributed by atoms with Crippen molar-refractivity contribution in [1.82, 2.24) is 19.5 Å². The van der Waals surface area contributed by atoms with E-state index in [1.165, 1.54) is 6.33 Å². The van der Waals surface area contributed by atoms with Gasteiger partial charge < -0.3 is 18.9 Å². The number of aromatic nitrogens is 4. The molecule has 0 amide bonds. The molecule has 2 heterocycles. The van der Waals surface area contributed by atoms with E-state index < -0.39 is 0 Å². The van der Waals surface area contributed by atoms with Crippen LogP contribution in [0.4, 0.5) is 11.5 Å². The molecule has 0 aliphatic rings. The molecule has 0 saturated heterocycles. The van der Waals surface area contributed by atoms with Gasteiger partial charge in [0.25, 0.3) is 0 Å². The highest BCUT2D eigenvalue weighted by Gasteiger charge is 2.20. The number of hydrogen-bond donors (Lipinski definition) is 0. The lowest BCUT2D eigenvalue weighted by atomic mass is 10.1. The Labute approximate surface area is 207 Å². The van der Waals surface area contributed by atoms with Gasteiger partial charge >= 0.3 is 5.97 Å². The lowest BCUT2D eigenvalue weighted by Gasteiger charge is -2.21. The SMILES string of the molecule is CC.CC.CCC#Cc1ccc(OC)cc1N(C)c1nc(Cl)nc2c1ncn2CC(=O)OCC. The van der Waals surface area contributed by atoms with Crippen LogP contribution in [0.3, 0.4) is 0 Å². The first-order valence-electron chi connectivity index (χ1n) is 11.4. The number of imidazole rings is 1. The summed E-state index contributed by atoms with van der Waals surface area (Å²) in [6, 6.07) is 5.62. The van der Waals surface area contributed by atoms with Crippen LogP contribution in [0.25, 0.3) is 11.2 Å². The number of ether oxygens (including phenoxy) is 2. The molecule has 0 N–H and O–H groups in total. The highest BCUT2D eigenvalue weighted by molar-refractivity contribution is 6.28. The third-order valence-corrected chi connectivity index (χ3v) is 4.48. The second-order valence-electron chi connectivity index (χ2n) is 6.26. The maximum absolute atomic E-state index is 11.9. The molecule has 0 bridgehead atoms. The standard InChI is InChI=1S/C21H22ClN5O3.2C2H6/c1-5-7-8-14-9-10-15(29-4)11-16(14)26(3)19-18-20(25-21(22)24-19)27(13-23-18)12-17(28)30-6-2;2*1-2/h9-11,13H,5-6,12H2,1-4H3;2*1-2H3. The van der Waals surface area contributed by atoms with Crippen molar-refractivity contribution in [2.45, 2.75) is 54.5 Å². The van der Waals surface area contributed by atoms with Crippen LogP contribution in [0, 0.1) is 11.8 Å². The Morgan fingerprint density at radius 3 is 2.50 bits per heavy atom. The van der Waals surface area contributed by atoms with Crippen LogP contribution in [0.1, 0.15) is 53.5 Å². The zero-order chi connectivity index (χ0) is 25.7. The third kappa shape index (κ3) is 7.09. The number of nitrogens with zero attached hydrogens (tertiary/aromatic N) is 5. The third-order valence-electron chi connectivity index (χ3n) is 4.31. The fraction of sp³-hybridized carbons (Fsp3) is 0.440. The molecule has 9 heteroatoms. The molecule has 3 rings (SSSR count). The number of rotatable bonds is 6. The minimum atomic E-state index is -0.383. The Hall–Kier alpha value is -3.31. The molecular weight excluding hydrogens is 454 g/mol. The monoisotopic (exact) mass is 487 g/mol. The molecule has 0 spiro atoms. The fourth-order valence-corrected chi connectivity index (χ4v) is 3.08. The van der Waals surface area contributed by atoms with Crippen LogP contribution in [0.2, 0.25) is 5.28 Å². The molecule has 3 aromatic rings. The summed E-state index contributed by atoms with van der Waals surface area (Å²) in [5.74, 6) is 7.04. The number of anilines is 2. The summed E-state index contributed by atoms with van der Waals surface area (Å²) >= 11 is 6.21. The van der Waals surface area contributed by atoms with Gasteiger partial charge in [0.2, 0.25) is 5.28 Å². The molecule has 34 heavy (non-hydrogen) atoms. The van der Waals surface area contributed by atoms with Crippen LogP contribution < -0.4 is 9.64 Å². The summed E-state index contributed by atoms with van der Waals surface area (Å²) < 4.78 is 12.0. The fourth-order valence-electron chi connectivity index (χ4n) is 2.92. The van der Waals surface area contributed by atoms with Crippen LogP contribution in [-0.4, -0.2) is 46.3 Å². The lowest BCUT2D eigenvalue weighted by molar-refractivity contribution is -0.143. The van der Waals surface area contributed by atoms with E-state index in [9.17, 15) is 4.79 Å². The summed E-state index contributed by atoms with van der Waals surface area (Å²) in [5, 5.41) is 0.0408. The summed E-state index contributed by atoms with van der Waals surface area (Å²) in [5.41, 5.74) is 2.54.